The molecule has 0 bridgehead atoms. The van der Waals surface area contributed by atoms with Crippen LogP contribution in [0.25, 0.3) is 10.9 Å². The molecule has 5 N–H and O–H groups in total. The van der Waals surface area contributed by atoms with Gasteiger partial charge in [-0.15, -0.1) is 0 Å². The number of piperidine rings is 1. The number of benzene rings is 3. The fraction of sp³-hybridized carbons (Fsp3) is 0.361. The second kappa shape index (κ2) is 15.1. The Labute approximate surface area is 267 Å². The van der Waals surface area contributed by atoms with E-state index in [9.17, 15) is 29.7 Å². The van der Waals surface area contributed by atoms with Crippen LogP contribution in [0.2, 0.25) is 0 Å². The van der Waals surface area contributed by atoms with E-state index in [0.29, 0.717) is 61.3 Å². The van der Waals surface area contributed by atoms with Crippen molar-refractivity contribution < 1.29 is 29.6 Å². The number of fused-ring (bicyclic) bond motifs is 1. The fourth-order valence-corrected chi connectivity index (χ4v) is 6.17. The number of phenols is 1. The van der Waals surface area contributed by atoms with Crippen LogP contribution in [0.15, 0.2) is 83.7 Å². The number of phenolic OH excluding ortho intramolecular Hbond substituents is 1. The van der Waals surface area contributed by atoms with E-state index in [1.165, 1.54) is 12.1 Å². The van der Waals surface area contributed by atoms with Gasteiger partial charge in [0.2, 0.25) is 11.5 Å². The lowest BCUT2D eigenvalue weighted by Gasteiger charge is -2.39. The Morgan fingerprint density at radius 3 is 2.50 bits per heavy atom. The van der Waals surface area contributed by atoms with Gasteiger partial charge in [0.1, 0.15) is 11.5 Å². The zero-order valence-corrected chi connectivity index (χ0v) is 25.8. The molecule has 3 aromatic carbocycles. The Balaban J connectivity index is 1.00. The highest BCUT2D eigenvalue weighted by atomic mass is 16.5. The second-order valence-electron chi connectivity index (χ2n) is 11.9. The standard InChI is InChI=1S/C36H41N3O7/c40-30-14-12-28(29-13-15-32(42)38-34(29)30)31(41)24-37-18-5-2-6-21-46-27-11-7-8-25(22-27)23-33(43)39-19-16-36(17-20-39,35(44)45)26-9-3-1-4-10-26/h1,3-4,7-15,22,31,37,40-41H,2,5-6,16-21,23-24H2,(H,38,42)(H,44,45)/t31-/m0/s1. The summed E-state index contributed by atoms with van der Waals surface area (Å²) in [4.78, 5) is 41.3. The first-order valence-electron chi connectivity index (χ1n) is 15.8. The molecule has 1 aliphatic rings. The molecule has 242 valence electrons. The smallest absolute Gasteiger partial charge is 0.314 e. The van der Waals surface area contributed by atoms with Crippen molar-refractivity contribution in [2.24, 2.45) is 0 Å². The number of unbranched alkanes of at least 4 members (excludes halogenated alkanes) is 2. The van der Waals surface area contributed by atoms with Crippen LogP contribution in [0.5, 0.6) is 11.5 Å². The van der Waals surface area contributed by atoms with Crippen molar-refractivity contribution in [3.05, 3.63) is 106 Å². The number of amides is 1. The van der Waals surface area contributed by atoms with Crippen molar-refractivity contribution in [3.63, 3.8) is 0 Å². The van der Waals surface area contributed by atoms with E-state index in [4.69, 9.17) is 4.74 Å². The zero-order valence-electron chi connectivity index (χ0n) is 25.8. The minimum absolute atomic E-state index is 0.0182. The summed E-state index contributed by atoms with van der Waals surface area (Å²) in [6, 6.07) is 22.9. The number of nitrogens with one attached hydrogen (secondary N) is 2. The van der Waals surface area contributed by atoms with Crippen LogP contribution in [-0.4, -0.2) is 69.9 Å². The minimum atomic E-state index is -0.963. The molecule has 10 heteroatoms. The first kappa shape index (κ1) is 32.7. The molecule has 0 radical (unpaired) electrons. The number of carbonyl (C=O) groups is 2. The second-order valence-corrected chi connectivity index (χ2v) is 11.9. The van der Waals surface area contributed by atoms with E-state index in [1.807, 2.05) is 54.6 Å². The third-order valence-electron chi connectivity index (χ3n) is 8.83. The number of aliphatic carboxylic acids is 1. The minimum Gasteiger partial charge on any atom is -0.506 e. The summed E-state index contributed by atoms with van der Waals surface area (Å²) >= 11 is 0. The molecule has 5 rings (SSSR count). The highest BCUT2D eigenvalue weighted by molar-refractivity contribution is 5.87. The van der Waals surface area contributed by atoms with Crippen molar-refractivity contribution in [2.45, 2.75) is 50.0 Å². The van der Waals surface area contributed by atoms with Crippen molar-refractivity contribution in [2.75, 3.05) is 32.8 Å². The number of hydrogen-bond acceptors (Lipinski definition) is 7. The number of aliphatic hydroxyl groups is 1. The number of likely N-dealkylation sites (tertiary alicyclic amines) is 1. The van der Waals surface area contributed by atoms with E-state index in [1.54, 1.807) is 17.0 Å². The molecular weight excluding hydrogens is 586 g/mol. The van der Waals surface area contributed by atoms with Gasteiger partial charge in [0.05, 0.1) is 30.1 Å². The summed E-state index contributed by atoms with van der Waals surface area (Å²) in [6.45, 7) is 2.41. The highest BCUT2D eigenvalue weighted by Gasteiger charge is 2.43. The molecule has 1 atom stereocenters. The Morgan fingerprint density at radius 1 is 0.957 bits per heavy atom. The number of aromatic amines is 1. The molecule has 1 saturated heterocycles. The predicted octanol–water partition coefficient (Wildman–Crippen LogP) is 4.29. The summed E-state index contributed by atoms with van der Waals surface area (Å²) in [7, 11) is 0. The number of hydrogen-bond donors (Lipinski definition) is 5. The van der Waals surface area contributed by atoms with Crippen molar-refractivity contribution >= 4 is 22.8 Å². The van der Waals surface area contributed by atoms with Gasteiger partial charge in [0.15, 0.2) is 0 Å². The normalized spacial score (nSPS) is 15.0. The van der Waals surface area contributed by atoms with Crippen LogP contribution in [0.3, 0.4) is 0 Å². The molecule has 4 aromatic rings. The lowest BCUT2D eigenvalue weighted by atomic mass is 9.73. The van der Waals surface area contributed by atoms with E-state index < -0.39 is 17.5 Å². The lowest BCUT2D eigenvalue weighted by Crippen LogP contribution is -2.49. The molecule has 1 fully saturated rings. The van der Waals surface area contributed by atoms with Gasteiger partial charge in [0.25, 0.3) is 0 Å². The molecule has 46 heavy (non-hydrogen) atoms. The molecule has 0 saturated carbocycles. The largest absolute Gasteiger partial charge is 0.506 e. The van der Waals surface area contributed by atoms with Crippen LogP contribution < -0.4 is 15.6 Å². The number of H-pyrrole nitrogens is 1. The third-order valence-corrected chi connectivity index (χ3v) is 8.83. The quantitative estimate of drug-likeness (QED) is 0.130. The molecule has 10 nitrogen and oxygen atoms in total. The number of rotatable bonds is 14. The van der Waals surface area contributed by atoms with Crippen LogP contribution in [0.4, 0.5) is 0 Å². The summed E-state index contributed by atoms with van der Waals surface area (Å²) < 4.78 is 5.94. The molecule has 2 heterocycles. The number of nitrogens with zero attached hydrogens (tertiary/aromatic N) is 1. The van der Waals surface area contributed by atoms with Crippen molar-refractivity contribution in [1.29, 1.82) is 0 Å². The first-order chi connectivity index (χ1) is 22.3. The fourth-order valence-electron chi connectivity index (χ4n) is 6.17. The van der Waals surface area contributed by atoms with E-state index in [2.05, 4.69) is 10.3 Å². The van der Waals surface area contributed by atoms with Crippen molar-refractivity contribution in [3.8, 4) is 11.5 Å². The van der Waals surface area contributed by atoms with E-state index >= 15 is 0 Å². The molecule has 0 aliphatic carbocycles. The highest BCUT2D eigenvalue weighted by Crippen LogP contribution is 2.36. The molecule has 0 spiro atoms. The van der Waals surface area contributed by atoms with Gasteiger partial charge in [0, 0.05) is 31.1 Å². The SMILES string of the molecule is O=C(Cc1cccc(OCCCCCNC[C@H](O)c2ccc(O)c3[nH]c(=O)ccc23)c1)N1CCC(C(=O)O)(c2ccccc2)CC1. The number of carbonyl (C=O) groups excluding carboxylic acids is 1. The number of carboxylic acids is 1. The maximum Gasteiger partial charge on any atom is 0.314 e. The Bertz CT molecular complexity index is 1700. The molecular formula is C36H41N3O7. The Kier molecular flexibility index (Phi) is 10.7. The maximum atomic E-state index is 13.1. The van der Waals surface area contributed by atoms with Gasteiger partial charge in [-0.25, -0.2) is 0 Å². The van der Waals surface area contributed by atoms with Gasteiger partial charge < -0.3 is 35.3 Å². The van der Waals surface area contributed by atoms with Gasteiger partial charge in [-0.05, 0) is 79.6 Å². The van der Waals surface area contributed by atoms with Gasteiger partial charge in [-0.1, -0.05) is 48.5 Å². The topological polar surface area (TPSA) is 152 Å². The number of aromatic hydroxyl groups is 1. The number of aromatic nitrogens is 1. The Morgan fingerprint density at radius 2 is 1.74 bits per heavy atom. The number of aliphatic hydroxyl groups excluding tert-OH is 1. The average Bonchev–Trinajstić information content (AvgIpc) is 3.06. The number of carboxylic acid groups (broad SMARTS) is 1. The van der Waals surface area contributed by atoms with Crippen LogP contribution in [0, 0.1) is 0 Å². The molecule has 1 aromatic heterocycles. The summed E-state index contributed by atoms with van der Waals surface area (Å²) in [6.07, 6.45) is 2.89. The summed E-state index contributed by atoms with van der Waals surface area (Å²) in [5.74, 6) is -0.187. The van der Waals surface area contributed by atoms with Gasteiger partial charge in [-0.3, -0.25) is 14.4 Å². The van der Waals surface area contributed by atoms with E-state index in [0.717, 1.165) is 36.9 Å². The number of pyridine rings is 1. The van der Waals surface area contributed by atoms with Gasteiger partial charge >= 0.3 is 5.97 Å². The first-order valence-corrected chi connectivity index (χ1v) is 15.8. The average molecular weight is 628 g/mol. The number of ether oxygens (including phenoxy) is 1. The van der Waals surface area contributed by atoms with Crippen LogP contribution >= 0.6 is 0 Å². The molecule has 0 unspecified atom stereocenters. The van der Waals surface area contributed by atoms with Gasteiger partial charge in [-0.2, -0.15) is 0 Å². The van der Waals surface area contributed by atoms with Crippen LogP contribution in [-0.2, 0) is 21.4 Å². The monoisotopic (exact) mass is 627 g/mol. The Hall–Kier alpha value is -4.67. The summed E-state index contributed by atoms with van der Waals surface area (Å²) in [5, 5.41) is 34.6. The lowest BCUT2D eigenvalue weighted by molar-refractivity contribution is -0.148. The third kappa shape index (κ3) is 7.75. The molecule has 1 aliphatic heterocycles. The maximum absolute atomic E-state index is 13.1. The zero-order chi connectivity index (χ0) is 32.5. The predicted molar refractivity (Wildman–Crippen MR) is 175 cm³/mol. The van der Waals surface area contributed by atoms with Crippen molar-refractivity contribution in [1.82, 2.24) is 15.2 Å². The van der Waals surface area contributed by atoms with E-state index in [-0.39, 0.29) is 23.6 Å². The van der Waals surface area contributed by atoms with Crippen LogP contribution in [0.1, 0.15) is 54.9 Å². The molecule has 1 amide bonds. The summed E-state index contributed by atoms with van der Waals surface area (Å²) in [5.41, 5.74) is 1.31.